The summed E-state index contributed by atoms with van der Waals surface area (Å²) in [7, 11) is 2.60. The van der Waals surface area contributed by atoms with E-state index in [-0.39, 0.29) is 22.3 Å². The predicted molar refractivity (Wildman–Crippen MR) is 76.7 cm³/mol. The molecule has 2 aromatic carbocycles. The molecule has 0 atom stereocenters. The minimum atomic E-state index is -1.18. The first-order valence-electron chi connectivity index (χ1n) is 6.27. The van der Waals surface area contributed by atoms with Crippen LogP contribution in [0.5, 0.6) is 5.75 Å². The number of carboxylic acids is 1. The second-order valence-electron chi connectivity index (χ2n) is 4.44. The minimum absolute atomic E-state index is 0.00431. The molecule has 0 amide bonds. The second-order valence-corrected chi connectivity index (χ2v) is 4.44. The molecule has 0 saturated carbocycles. The summed E-state index contributed by atoms with van der Waals surface area (Å²) < 4.78 is 23.3. The maximum absolute atomic E-state index is 13.7. The van der Waals surface area contributed by atoms with E-state index in [4.69, 9.17) is 4.74 Å². The standard InChI is InChI=1S/C16H13FO5/c1-21-12-3-4-13(14(8-12)15(18)19)9-5-10(16(20)22-2)7-11(17)6-9/h3-8H,1-2H3,(H,18,19). The number of hydrogen-bond acceptors (Lipinski definition) is 4. The fraction of sp³-hybridized carbons (Fsp3) is 0.125. The topological polar surface area (TPSA) is 72.8 Å². The molecule has 0 saturated heterocycles. The molecule has 0 fully saturated rings. The maximum Gasteiger partial charge on any atom is 0.337 e. The third-order valence-electron chi connectivity index (χ3n) is 3.09. The van der Waals surface area contributed by atoms with Crippen LogP contribution in [0.15, 0.2) is 36.4 Å². The summed E-state index contributed by atoms with van der Waals surface area (Å²) in [6.07, 6.45) is 0. The molecule has 6 heteroatoms. The molecular weight excluding hydrogens is 291 g/mol. The van der Waals surface area contributed by atoms with E-state index in [1.807, 2.05) is 0 Å². The predicted octanol–water partition coefficient (Wildman–Crippen LogP) is 2.99. The van der Waals surface area contributed by atoms with E-state index >= 15 is 0 Å². The van der Waals surface area contributed by atoms with Gasteiger partial charge in [0.2, 0.25) is 0 Å². The lowest BCUT2D eigenvalue weighted by Crippen LogP contribution is -2.04. The van der Waals surface area contributed by atoms with Gasteiger partial charge in [-0.25, -0.2) is 14.0 Å². The zero-order chi connectivity index (χ0) is 16.3. The highest BCUT2D eigenvalue weighted by Crippen LogP contribution is 2.29. The molecule has 22 heavy (non-hydrogen) atoms. The number of carbonyl (C=O) groups excluding carboxylic acids is 1. The molecular formula is C16H13FO5. The van der Waals surface area contributed by atoms with E-state index in [1.165, 1.54) is 32.4 Å². The van der Waals surface area contributed by atoms with Crippen LogP contribution in [0.3, 0.4) is 0 Å². The Hall–Kier alpha value is -2.89. The fourth-order valence-electron chi connectivity index (χ4n) is 2.06. The van der Waals surface area contributed by atoms with Gasteiger partial charge in [0.15, 0.2) is 0 Å². The highest BCUT2D eigenvalue weighted by molar-refractivity contribution is 5.98. The number of carboxylic acid groups (broad SMARTS) is 1. The SMILES string of the molecule is COC(=O)c1cc(F)cc(-c2ccc(OC)cc2C(=O)O)c1. The summed E-state index contributed by atoms with van der Waals surface area (Å²) >= 11 is 0. The van der Waals surface area contributed by atoms with Gasteiger partial charge in [-0.15, -0.1) is 0 Å². The molecule has 0 heterocycles. The quantitative estimate of drug-likeness (QED) is 0.879. The van der Waals surface area contributed by atoms with Gasteiger partial charge < -0.3 is 14.6 Å². The molecule has 0 bridgehead atoms. The zero-order valence-electron chi connectivity index (χ0n) is 11.9. The van der Waals surface area contributed by atoms with Crippen LogP contribution in [0.25, 0.3) is 11.1 Å². The third-order valence-corrected chi connectivity index (χ3v) is 3.09. The van der Waals surface area contributed by atoms with Gasteiger partial charge in [0.05, 0.1) is 25.3 Å². The van der Waals surface area contributed by atoms with Gasteiger partial charge in [-0.05, 0) is 47.5 Å². The molecule has 2 rings (SSSR count). The Bertz CT molecular complexity index is 739. The number of ether oxygens (including phenoxy) is 2. The van der Waals surface area contributed by atoms with E-state index in [0.29, 0.717) is 5.75 Å². The first kappa shape index (κ1) is 15.5. The van der Waals surface area contributed by atoms with Gasteiger partial charge in [0, 0.05) is 0 Å². The van der Waals surface area contributed by atoms with Gasteiger partial charge >= 0.3 is 11.9 Å². The maximum atomic E-state index is 13.7. The van der Waals surface area contributed by atoms with Crippen molar-refractivity contribution >= 4 is 11.9 Å². The van der Waals surface area contributed by atoms with Crippen molar-refractivity contribution in [1.82, 2.24) is 0 Å². The van der Waals surface area contributed by atoms with E-state index in [2.05, 4.69) is 4.74 Å². The lowest BCUT2D eigenvalue weighted by molar-refractivity contribution is 0.0599. The molecule has 0 radical (unpaired) electrons. The Morgan fingerprint density at radius 1 is 1.09 bits per heavy atom. The van der Waals surface area contributed by atoms with E-state index in [1.54, 1.807) is 6.07 Å². The van der Waals surface area contributed by atoms with Crippen LogP contribution in [0, 0.1) is 5.82 Å². The van der Waals surface area contributed by atoms with Crippen molar-refractivity contribution in [2.24, 2.45) is 0 Å². The summed E-state index contributed by atoms with van der Waals surface area (Å²) in [5.41, 5.74) is 0.490. The summed E-state index contributed by atoms with van der Waals surface area (Å²) in [4.78, 5) is 22.9. The lowest BCUT2D eigenvalue weighted by Gasteiger charge is -2.10. The summed E-state index contributed by atoms with van der Waals surface area (Å²) in [5, 5.41) is 9.30. The Balaban J connectivity index is 2.63. The molecule has 0 spiro atoms. The average Bonchev–Trinajstić information content (AvgIpc) is 2.52. The third kappa shape index (κ3) is 3.06. The van der Waals surface area contributed by atoms with E-state index in [9.17, 15) is 19.1 Å². The highest BCUT2D eigenvalue weighted by atomic mass is 19.1. The number of halogens is 1. The van der Waals surface area contributed by atoms with Crippen molar-refractivity contribution in [3.05, 3.63) is 53.3 Å². The zero-order valence-corrected chi connectivity index (χ0v) is 11.9. The van der Waals surface area contributed by atoms with Crippen molar-refractivity contribution in [2.75, 3.05) is 14.2 Å². The Morgan fingerprint density at radius 3 is 2.41 bits per heavy atom. The number of rotatable bonds is 4. The highest BCUT2D eigenvalue weighted by Gasteiger charge is 2.16. The first-order chi connectivity index (χ1) is 10.5. The van der Waals surface area contributed by atoms with E-state index < -0.39 is 17.8 Å². The van der Waals surface area contributed by atoms with E-state index in [0.717, 1.165) is 12.1 Å². The monoisotopic (exact) mass is 304 g/mol. The first-order valence-corrected chi connectivity index (χ1v) is 6.27. The smallest absolute Gasteiger partial charge is 0.337 e. The number of esters is 1. The minimum Gasteiger partial charge on any atom is -0.497 e. The molecule has 0 aliphatic rings. The van der Waals surface area contributed by atoms with Crippen molar-refractivity contribution in [2.45, 2.75) is 0 Å². The molecule has 1 N–H and O–H groups in total. The number of carbonyl (C=O) groups is 2. The lowest BCUT2D eigenvalue weighted by atomic mass is 9.97. The molecule has 114 valence electrons. The fourth-order valence-corrected chi connectivity index (χ4v) is 2.06. The van der Waals surface area contributed by atoms with Gasteiger partial charge in [-0.3, -0.25) is 0 Å². The van der Waals surface area contributed by atoms with Gasteiger partial charge in [-0.2, -0.15) is 0 Å². The number of hydrogen-bond donors (Lipinski definition) is 1. The van der Waals surface area contributed by atoms with Crippen LogP contribution < -0.4 is 4.74 Å². The Kier molecular flexibility index (Phi) is 4.41. The molecule has 0 aliphatic carbocycles. The van der Waals surface area contributed by atoms with Gasteiger partial charge in [0.25, 0.3) is 0 Å². The van der Waals surface area contributed by atoms with Gasteiger partial charge in [0.1, 0.15) is 11.6 Å². The summed E-state index contributed by atoms with van der Waals surface area (Å²) in [6, 6.07) is 7.95. The Labute approximate surface area is 125 Å². The molecule has 5 nitrogen and oxygen atoms in total. The molecule has 0 aliphatic heterocycles. The molecule has 2 aromatic rings. The second kappa shape index (κ2) is 6.26. The Morgan fingerprint density at radius 2 is 1.82 bits per heavy atom. The van der Waals surface area contributed by atoms with Crippen molar-refractivity contribution in [1.29, 1.82) is 0 Å². The average molecular weight is 304 g/mol. The molecule has 0 unspecified atom stereocenters. The summed E-state index contributed by atoms with van der Waals surface area (Å²) in [6.45, 7) is 0. The number of benzene rings is 2. The van der Waals surface area contributed by atoms with Crippen LogP contribution in [-0.2, 0) is 4.74 Å². The normalized spacial score (nSPS) is 10.1. The largest absolute Gasteiger partial charge is 0.497 e. The van der Waals surface area contributed by atoms with Gasteiger partial charge in [-0.1, -0.05) is 0 Å². The van der Waals surface area contributed by atoms with Crippen LogP contribution in [0.2, 0.25) is 0 Å². The number of methoxy groups -OCH3 is 2. The van der Waals surface area contributed by atoms with Crippen molar-refractivity contribution in [3.63, 3.8) is 0 Å². The van der Waals surface area contributed by atoms with Crippen LogP contribution in [-0.4, -0.2) is 31.3 Å². The van der Waals surface area contributed by atoms with Crippen LogP contribution >= 0.6 is 0 Å². The van der Waals surface area contributed by atoms with Crippen LogP contribution in [0.1, 0.15) is 20.7 Å². The molecule has 0 aromatic heterocycles. The van der Waals surface area contributed by atoms with Crippen molar-refractivity contribution in [3.8, 4) is 16.9 Å². The number of aromatic carboxylic acids is 1. The van der Waals surface area contributed by atoms with Crippen molar-refractivity contribution < 1.29 is 28.6 Å². The van der Waals surface area contributed by atoms with Crippen LogP contribution in [0.4, 0.5) is 4.39 Å². The summed E-state index contributed by atoms with van der Waals surface area (Å²) in [5.74, 6) is -2.18.